The molecule has 0 nitrogen and oxygen atoms in total. The van der Waals surface area contributed by atoms with Crippen LogP contribution in [0.5, 0.6) is 0 Å². The number of benzene rings is 2. The molecule has 0 N–H and O–H groups in total. The summed E-state index contributed by atoms with van der Waals surface area (Å²) in [6.45, 7) is 0. The van der Waals surface area contributed by atoms with Gasteiger partial charge in [-0.2, -0.15) is 39.5 Å². The SMILES string of the molecule is FC(F)(F)c1cc(C(F)(F)F)c2sc3c(C(F)(F)F)ccc(Cl)c3c2c1. The van der Waals surface area contributed by atoms with Gasteiger partial charge in [0.1, 0.15) is 0 Å². The van der Waals surface area contributed by atoms with Crippen LogP contribution in [0.3, 0.4) is 0 Å². The maximum absolute atomic E-state index is 13.2. The van der Waals surface area contributed by atoms with Gasteiger partial charge in [-0.05, 0) is 24.3 Å². The molecule has 0 fully saturated rings. The highest BCUT2D eigenvalue weighted by atomic mass is 35.5. The fourth-order valence-electron chi connectivity index (χ4n) is 2.54. The smallest absolute Gasteiger partial charge is 0.166 e. The molecule has 0 unspecified atom stereocenters. The summed E-state index contributed by atoms with van der Waals surface area (Å²) in [5.41, 5.74) is -4.54. The average molecular weight is 423 g/mol. The molecule has 0 radical (unpaired) electrons. The Morgan fingerprint density at radius 2 is 1.27 bits per heavy atom. The van der Waals surface area contributed by atoms with Gasteiger partial charge in [-0.25, -0.2) is 0 Å². The van der Waals surface area contributed by atoms with Crippen LogP contribution in [0.1, 0.15) is 16.7 Å². The molecular formula is C15H4ClF9S. The average Bonchev–Trinajstić information content (AvgIpc) is 2.82. The Morgan fingerprint density at radius 3 is 1.77 bits per heavy atom. The van der Waals surface area contributed by atoms with Crippen LogP contribution in [0, 0.1) is 0 Å². The van der Waals surface area contributed by atoms with Crippen molar-refractivity contribution in [2.24, 2.45) is 0 Å². The van der Waals surface area contributed by atoms with Gasteiger partial charge in [0.2, 0.25) is 0 Å². The second-order valence-electron chi connectivity index (χ2n) is 5.29. The summed E-state index contributed by atoms with van der Waals surface area (Å²) in [6.07, 6.45) is -15.2. The van der Waals surface area contributed by atoms with Crippen molar-refractivity contribution in [3.63, 3.8) is 0 Å². The van der Waals surface area contributed by atoms with Crippen molar-refractivity contribution in [3.8, 4) is 0 Å². The highest BCUT2D eigenvalue weighted by Crippen LogP contribution is 2.49. The van der Waals surface area contributed by atoms with Crippen LogP contribution in [0.15, 0.2) is 24.3 Å². The van der Waals surface area contributed by atoms with Gasteiger partial charge >= 0.3 is 18.5 Å². The summed E-state index contributed by atoms with van der Waals surface area (Å²) in [4.78, 5) is 0. The number of hydrogen-bond donors (Lipinski definition) is 0. The molecule has 140 valence electrons. The van der Waals surface area contributed by atoms with E-state index in [1.54, 1.807) is 0 Å². The van der Waals surface area contributed by atoms with Crippen LogP contribution in [0.2, 0.25) is 5.02 Å². The minimum atomic E-state index is -5.19. The zero-order valence-electron chi connectivity index (χ0n) is 12.0. The minimum Gasteiger partial charge on any atom is -0.166 e. The van der Waals surface area contributed by atoms with Crippen LogP contribution in [-0.4, -0.2) is 0 Å². The van der Waals surface area contributed by atoms with E-state index in [1.165, 1.54) is 0 Å². The molecule has 2 aromatic carbocycles. The van der Waals surface area contributed by atoms with Crippen LogP contribution in [-0.2, 0) is 18.5 Å². The largest absolute Gasteiger partial charge is 0.417 e. The number of hydrogen-bond acceptors (Lipinski definition) is 1. The number of halogens is 10. The molecule has 1 aromatic heterocycles. The molecule has 0 aliphatic heterocycles. The van der Waals surface area contributed by atoms with Crippen molar-refractivity contribution in [2.45, 2.75) is 18.5 Å². The molecule has 3 rings (SSSR count). The van der Waals surface area contributed by atoms with Gasteiger partial charge < -0.3 is 0 Å². The molecule has 0 bridgehead atoms. The summed E-state index contributed by atoms with van der Waals surface area (Å²) < 4.78 is 117. The highest BCUT2D eigenvalue weighted by molar-refractivity contribution is 7.26. The van der Waals surface area contributed by atoms with E-state index in [1.807, 2.05) is 0 Å². The van der Waals surface area contributed by atoms with Gasteiger partial charge in [0, 0.05) is 25.2 Å². The monoisotopic (exact) mass is 422 g/mol. The summed E-state index contributed by atoms with van der Waals surface area (Å²) in [7, 11) is 0. The predicted octanol–water partition coefficient (Wildman–Crippen LogP) is 7.76. The van der Waals surface area contributed by atoms with Gasteiger partial charge in [0.25, 0.3) is 0 Å². The summed E-state index contributed by atoms with van der Waals surface area (Å²) >= 11 is 5.92. The summed E-state index contributed by atoms with van der Waals surface area (Å²) in [5, 5.41) is -1.48. The molecule has 0 saturated carbocycles. The van der Waals surface area contributed by atoms with E-state index in [-0.39, 0.29) is 22.4 Å². The first-order valence-electron chi connectivity index (χ1n) is 6.61. The molecule has 0 amide bonds. The van der Waals surface area contributed by atoms with Crippen LogP contribution >= 0.6 is 22.9 Å². The van der Waals surface area contributed by atoms with Crippen molar-refractivity contribution >= 4 is 43.1 Å². The molecular weight excluding hydrogens is 419 g/mol. The molecule has 1 heterocycles. The van der Waals surface area contributed by atoms with Gasteiger partial charge in [-0.3, -0.25) is 0 Å². The van der Waals surface area contributed by atoms with E-state index in [4.69, 9.17) is 11.6 Å². The standard InChI is InChI=1S/C15H4ClF9S/c16-9-2-1-7(14(20,21)22)12-10(9)6-3-5(13(17,18)19)4-8(11(6)26-12)15(23,24)25/h1-4H. The van der Waals surface area contributed by atoms with Gasteiger partial charge in [-0.15, -0.1) is 11.3 Å². The Kier molecular flexibility index (Phi) is 4.15. The lowest BCUT2D eigenvalue weighted by Crippen LogP contribution is -2.10. The molecule has 3 aromatic rings. The van der Waals surface area contributed by atoms with Crippen LogP contribution in [0.25, 0.3) is 20.2 Å². The second-order valence-corrected chi connectivity index (χ2v) is 6.72. The molecule has 11 heteroatoms. The Bertz CT molecular complexity index is 1010. The fraction of sp³-hybridized carbons (Fsp3) is 0.200. The van der Waals surface area contributed by atoms with Crippen molar-refractivity contribution in [1.29, 1.82) is 0 Å². The van der Waals surface area contributed by atoms with Gasteiger partial charge in [-0.1, -0.05) is 11.6 Å². The second kappa shape index (κ2) is 5.66. The third-order valence-electron chi connectivity index (χ3n) is 3.61. The topological polar surface area (TPSA) is 0 Å². The van der Waals surface area contributed by atoms with Crippen molar-refractivity contribution in [2.75, 3.05) is 0 Å². The normalized spacial score (nSPS) is 13.8. The lowest BCUT2D eigenvalue weighted by molar-refractivity contribution is -0.142. The zero-order valence-corrected chi connectivity index (χ0v) is 13.6. The first-order valence-corrected chi connectivity index (χ1v) is 7.81. The molecule has 26 heavy (non-hydrogen) atoms. The number of rotatable bonds is 0. The van der Waals surface area contributed by atoms with Crippen molar-refractivity contribution < 1.29 is 39.5 Å². The van der Waals surface area contributed by atoms with E-state index >= 15 is 0 Å². The minimum absolute atomic E-state index is 0.110. The summed E-state index contributed by atoms with van der Waals surface area (Å²) in [6, 6.07) is 1.65. The third-order valence-corrected chi connectivity index (χ3v) is 5.19. The van der Waals surface area contributed by atoms with E-state index in [0.717, 1.165) is 6.07 Å². The first kappa shape index (κ1) is 19.1. The van der Waals surface area contributed by atoms with Crippen LogP contribution in [0.4, 0.5) is 39.5 Å². The Balaban J connectivity index is 2.57. The first-order chi connectivity index (χ1) is 11.7. The molecule has 0 aliphatic carbocycles. The lowest BCUT2D eigenvalue weighted by Gasteiger charge is -2.13. The van der Waals surface area contributed by atoms with E-state index < -0.39 is 55.4 Å². The number of fused-ring (bicyclic) bond motifs is 3. The molecule has 0 atom stereocenters. The maximum atomic E-state index is 13.2. The van der Waals surface area contributed by atoms with E-state index in [2.05, 4.69) is 0 Å². The molecule has 0 saturated heterocycles. The number of alkyl halides is 9. The van der Waals surface area contributed by atoms with Gasteiger partial charge in [0.15, 0.2) is 0 Å². The van der Waals surface area contributed by atoms with Gasteiger partial charge in [0.05, 0.1) is 16.7 Å². The van der Waals surface area contributed by atoms with Crippen molar-refractivity contribution in [3.05, 3.63) is 46.0 Å². The van der Waals surface area contributed by atoms with E-state index in [9.17, 15) is 39.5 Å². The Hall–Kier alpha value is -1.68. The number of thiophene rings is 1. The maximum Gasteiger partial charge on any atom is 0.417 e. The molecule has 0 aliphatic rings. The lowest BCUT2D eigenvalue weighted by atomic mass is 10.0. The Labute approximate surface area is 147 Å². The zero-order chi connectivity index (χ0) is 19.7. The molecule has 0 spiro atoms. The predicted molar refractivity (Wildman–Crippen MR) is 79.3 cm³/mol. The summed E-state index contributed by atoms with van der Waals surface area (Å²) in [5.74, 6) is 0. The van der Waals surface area contributed by atoms with Crippen LogP contribution < -0.4 is 0 Å². The van der Waals surface area contributed by atoms with E-state index in [0.29, 0.717) is 12.1 Å². The highest BCUT2D eigenvalue weighted by Gasteiger charge is 2.40. The fourth-order valence-corrected chi connectivity index (χ4v) is 4.23. The quantitative estimate of drug-likeness (QED) is 0.325. The third kappa shape index (κ3) is 3.09. The van der Waals surface area contributed by atoms with Crippen molar-refractivity contribution in [1.82, 2.24) is 0 Å². The Morgan fingerprint density at radius 1 is 0.692 bits per heavy atom.